The number of hydrogen-bond acceptors (Lipinski definition) is 1. The Morgan fingerprint density at radius 3 is 2.19 bits per heavy atom. The Morgan fingerprint density at radius 1 is 0.952 bits per heavy atom. The van der Waals surface area contributed by atoms with Crippen LogP contribution in [0.1, 0.15) is 49.1 Å². The molecular weight excluding hydrogens is 392 g/mol. The lowest BCUT2D eigenvalue weighted by atomic mass is 9.81. The number of hydrogen-bond donors (Lipinski definition) is 1. The van der Waals surface area contributed by atoms with Gasteiger partial charge in [0.1, 0.15) is 6.10 Å². The molecule has 112 valence electrons. The van der Waals surface area contributed by atoms with Gasteiger partial charge in [0.25, 0.3) is 0 Å². The van der Waals surface area contributed by atoms with E-state index in [2.05, 4.69) is 58.7 Å². The second kappa shape index (κ2) is 6.23. The van der Waals surface area contributed by atoms with Gasteiger partial charge in [0.15, 0.2) is 0 Å². The summed E-state index contributed by atoms with van der Waals surface area (Å²) in [5.41, 5.74) is 4.14. The molecule has 0 radical (unpaired) electrons. The summed E-state index contributed by atoms with van der Waals surface area (Å²) in [5, 5.41) is 10.9. The van der Waals surface area contributed by atoms with Gasteiger partial charge in [-0.3, -0.25) is 0 Å². The average molecular weight is 412 g/mol. The first-order chi connectivity index (χ1) is 9.71. The Labute approximate surface area is 143 Å². The van der Waals surface area contributed by atoms with Crippen LogP contribution in [0.15, 0.2) is 45.3 Å². The molecule has 1 unspecified atom stereocenters. The van der Waals surface area contributed by atoms with Gasteiger partial charge in [-0.1, -0.05) is 76.9 Å². The van der Waals surface area contributed by atoms with Crippen LogP contribution < -0.4 is 0 Å². The molecule has 0 saturated heterocycles. The quantitative estimate of drug-likeness (QED) is 0.652. The first kappa shape index (κ1) is 16.7. The number of benzene rings is 2. The topological polar surface area (TPSA) is 20.2 Å². The summed E-state index contributed by atoms with van der Waals surface area (Å²) < 4.78 is 1.94. The van der Waals surface area contributed by atoms with E-state index in [0.29, 0.717) is 0 Å². The Bertz CT molecular complexity index is 657. The molecule has 0 aliphatic carbocycles. The fourth-order valence-corrected chi connectivity index (χ4v) is 3.49. The number of aliphatic hydroxyl groups is 1. The monoisotopic (exact) mass is 410 g/mol. The van der Waals surface area contributed by atoms with E-state index in [1.807, 2.05) is 37.3 Å². The SMILES string of the molecule is Cc1cc(Br)c(C(O)c2ccccc2C(C)(C)C)cc1Br. The van der Waals surface area contributed by atoms with Gasteiger partial charge in [0.2, 0.25) is 0 Å². The van der Waals surface area contributed by atoms with Crippen LogP contribution >= 0.6 is 31.9 Å². The molecule has 1 N–H and O–H groups in total. The lowest BCUT2D eigenvalue weighted by molar-refractivity contribution is 0.216. The molecule has 2 aromatic rings. The smallest absolute Gasteiger partial charge is 0.105 e. The lowest BCUT2D eigenvalue weighted by Crippen LogP contribution is -2.16. The molecule has 3 heteroatoms. The molecule has 21 heavy (non-hydrogen) atoms. The molecule has 0 aliphatic rings. The first-order valence-electron chi connectivity index (χ1n) is 6.95. The zero-order valence-corrected chi connectivity index (χ0v) is 15.9. The Kier molecular flexibility index (Phi) is 4.96. The van der Waals surface area contributed by atoms with Crippen molar-refractivity contribution < 1.29 is 5.11 Å². The number of rotatable bonds is 2. The highest BCUT2D eigenvalue weighted by Crippen LogP contribution is 2.37. The highest BCUT2D eigenvalue weighted by atomic mass is 79.9. The molecular formula is C18H20Br2O. The van der Waals surface area contributed by atoms with Crippen molar-refractivity contribution in [3.8, 4) is 0 Å². The third-order valence-corrected chi connectivity index (χ3v) is 5.18. The molecule has 0 heterocycles. The minimum absolute atomic E-state index is 0.00796. The van der Waals surface area contributed by atoms with Crippen molar-refractivity contribution in [2.24, 2.45) is 0 Å². The van der Waals surface area contributed by atoms with Crippen molar-refractivity contribution in [1.82, 2.24) is 0 Å². The zero-order chi connectivity index (χ0) is 15.8. The Morgan fingerprint density at radius 2 is 1.57 bits per heavy atom. The van der Waals surface area contributed by atoms with Crippen molar-refractivity contribution in [2.75, 3.05) is 0 Å². The summed E-state index contributed by atoms with van der Waals surface area (Å²) in [5.74, 6) is 0. The maximum Gasteiger partial charge on any atom is 0.105 e. The first-order valence-corrected chi connectivity index (χ1v) is 8.53. The van der Waals surface area contributed by atoms with Gasteiger partial charge < -0.3 is 5.11 Å². The van der Waals surface area contributed by atoms with Crippen LogP contribution in [0.25, 0.3) is 0 Å². The van der Waals surface area contributed by atoms with Gasteiger partial charge in [-0.2, -0.15) is 0 Å². The number of aliphatic hydroxyl groups excluding tert-OH is 1. The molecule has 0 amide bonds. The third kappa shape index (κ3) is 3.58. The van der Waals surface area contributed by atoms with Crippen molar-refractivity contribution in [1.29, 1.82) is 0 Å². The molecule has 1 atom stereocenters. The standard InChI is InChI=1S/C18H20Br2O/c1-11-9-16(20)13(10-15(11)19)17(21)12-7-5-6-8-14(12)18(2,3)4/h5-10,17,21H,1-4H3. The van der Waals surface area contributed by atoms with Gasteiger partial charge in [-0.15, -0.1) is 0 Å². The van der Waals surface area contributed by atoms with Crippen molar-refractivity contribution in [3.05, 3.63) is 67.6 Å². The van der Waals surface area contributed by atoms with Gasteiger partial charge in [0, 0.05) is 14.5 Å². The second-order valence-corrected chi connectivity index (χ2v) is 8.07. The zero-order valence-electron chi connectivity index (χ0n) is 12.7. The molecule has 0 fully saturated rings. The van der Waals surface area contributed by atoms with Gasteiger partial charge >= 0.3 is 0 Å². The fraction of sp³-hybridized carbons (Fsp3) is 0.333. The van der Waals surface area contributed by atoms with Gasteiger partial charge in [-0.25, -0.2) is 0 Å². The van der Waals surface area contributed by atoms with E-state index in [0.717, 1.165) is 25.6 Å². The maximum atomic E-state index is 10.9. The van der Waals surface area contributed by atoms with Crippen LogP contribution in [0.3, 0.4) is 0 Å². The normalized spacial score (nSPS) is 13.3. The van der Waals surface area contributed by atoms with E-state index in [4.69, 9.17) is 0 Å². The lowest BCUT2D eigenvalue weighted by Gasteiger charge is -2.26. The van der Waals surface area contributed by atoms with Crippen LogP contribution in [0.2, 0.25) is 0 Å². The van der Waals surface area contributed by atoms with Crippen LogP contribution in [0.4, 0.5) is 0 Å². The molecule has 2 aromatic carbocycles. The summed E-state index contributed by atoms with van der Waals surface area (Å²) in [6.07, 6.45) is -0.647. The highest BCUT2D eigenvalue weighted by Gasteiger charge is 2.23. The van der Waals surface area contributed by atoms with E-state index in [9.17, 15) is 5.11 Å². The Hall–Kier alpha value is -0.640. The molecule has 0 aromatic heterocycles. The largest absolute Gasteiger partial charge is 0.384 e. The predicted molar refractivity (Wildman–Crippen MR) is 95.8 cm³/mol. The molecule has 0 saturated carbocycles. The summed E-state index contributed by atoms with van der Waals surface area (Å²) in [6.45, 7) is 8.53. The van der Waals surface area contributed by atoms with E-state index < -0.39 is 6.10 Å². The average Bonchev–Trinajstić information content (AvgIpc) is 2.41. The van der Waals surface area contributed by atoms with E-state index >= 15 is 0 Å². The third-order valence-electron chi connectivity index (χ3n) is 3.64. The molecule has 0 bridgehead atoms. The molecule has 0 aliphatic heterocycles. The van der Waals surface area contributed by atoms with E-state index in [1.165, 1.54) is 5.56 Å². The summed E-state index contributed by atoms with van der Waals surface area (Å²) in [6, 6.07) is 12.1. The summed E-state index contributed by atoms with van der Waals surface area (Å²) in [4.78, 5) is 0. The maximum absolute atomic E-state index is 10.9. The molecule has 2 rings (SSSR count). The number of aryl methyl sites for hydroxylation is 1. The second-order valence-electron chi connectivity index (χ2n) is 6.36. The number of halogens is 2. The molecule has 1 nitrogen and oxygen atoms in total. The highest BCUT2D eigenvalue weighted by molar-refractivity contribution is 9.11. The van der Waals surface area contributed by atoms with Crippen molar-refractivity contribution in [3.63, 3.8) is 0 Å². The predicted octanol–water partition coefficient (Wildman–Crippen LogP) is 5.90. The van der Waals surface area contributed by atoms with Gasteiger partial charge in [-0.05, 0) is 41.2 Å². The van der Waals surface area contributed by atoms with E-state index in [-0.39, 0.29) is 5.41 Å². The van der Waals surface area contributed by atoms with Crippen molar-refractivity contribution >= 4 is 31.9 Å². The van der Waals surface area contributed by atoms with Crippen molar-refractivity contribution in [2.45, 2.75) is 39.2 Å². The van der Waals surface area contributed by atoms with Crippen LogP contribution in [-0.2, 0) is 5.41 Å². The Balaban J connectivity index is 2.56. The van der Waals surface area contributed by atoms with Crippen LogP contribution in [-0.4, -0.2) is 5.11 Å². The van der Waals surface area contributed by atoms with Gasteiger partial charge in [0.05, 0.1) is 0 Å². The van der Waals surface area contributed by atoms with Crippen LogP contribution in [0.5, 0.6) is 0 Å². The fourth-order valence-electron chi connectivity index (χ4n) is 2.46. The summed E-state index contributed by atoms with van der Waals surface area (Å²) in [7, 11) is 0. The molecule has 0 spiro atoms. The minimum Gasteiger partial charge on any atom is -0.384 e. The minimum atomic E-state index is -0.647. The van der Waals surface area contributed by atoms with Crippen LogP contribution in [0, 0.1) is 6.92 Å². The summed E-state index contributed by atoms with van der Waals surface area (Å²) >= 11 is 7.12. The van der Waals surface area contributed by atoms with E-state index in [1.54, 1.807) is 0 Å².